The minimum absolute atomic E-state index is 0.185. The maximum absolute atomic E-state index is 9.74. The highest BCUT2D eigenvalue weighted by Gasteiger charge is 2.26. The topological polar surface area (TPSA) is 20.2 Å². The molecule has 2 rings (SSSR count). The van der Waals surface area contributed by atoms with E-state index in [2.05, 4.69) is 0 Å². The van der Waals surface area contributed by atoms with Gasteiger partial charge in [0.05, 0.1) is 6.10 Å². The molecular weight excluding hydrogens is 156 g/mol. The molecule has 11 heavy (non-hydrogen) atoms. The van der Waals surface area contributed by atoms with Crippen LogP contribution in [-0.4, -0.2) is 5.11 Å². The first-order chi connectivity index (χ1) is 5.38. The summed E-state index contributed by atoms with van der Waals surface area (Å²) in [6.45, 7) is 0. The second-order valence-corrected chi connectivity index (χ2v) is 3.97. The van der Waals surface area contributed by atoms with Gasteiger partial charge in [0.15, 0.2) is 0 Å². The van der Waals surface area contributed by atoms with E-state index in [0.717, 1.165) is 5.56 Å². The lowest BCUT2D eigenvalue weighted by molar-refractivity contribution is 0.0624. The van der Waals surface area contributed by atoms with E-state index in [1.165, 1.54) is 19.3 Å². The Morgan fingerprint density at radius 2 is 2.36 bits per heavy atom. The number of rotatable bonds is 2. The third-order valence-corrected chi connectivity index (χ3v) is 3.18. The SMILES string of the molecule is OC(c1ccsc1)C1CCC1. The van der Waals surface area contributed by atoms with Crippen molar-refractivity contribution in [3.8, 4) is 0 Å². The first kappa shape index (κ1) is 7.32. The molecule has 1 aliphatic carbocycles. The van der Waals surface area contributed by atoms with Crippen LogP contribution in [0, 0.1) is 5.92 Å². The number of hydrogen-bond donors (Lipinski definition) is 1. The van der Waals surface area contributed by atoms with Crippen LogP contribution >= 0.6 is 11.3 Å². The van der Waals surface area contributed by atoms with Crippen molar-refractivity contribution in [3.63, 3.8) is 0 Å². The largest absolute Gasteiger partial charge is 0.388 e. The standard InChI is InChI=1S/C9H12OS/c10-9(7-2-1-3-7)8-4-5-11-6-8/h4-7,9-10H,1-3H2. The predicted molar refractivity (Wildman–Crippen MR) is 46.6 cm³/mol. The summed E-state index contributed by atoms with van der Waals surface area (Å²) in [6, 6.07) is 2.02. The van der Waals surface area contributed by atoms with Crippen molar-refractivity contribution in [2.45, 2.75) is 25.4 Å². The lowest BCUT2D eigenvalue weighted by Gasteiger charge is -2.29. The third kappa shape index (κ3) is 1.33. The van der Waals surface area contributed by atoms with E-state index in [0.29, 0.717) is 5.92 Å². The summed E-state index contributed by atoms with van der Waals surface area (Å²) in [4.78, 5) is 0. The van der Waals surface area contributed by atoms with Gasteiger partial charge in [-0.05, 0) is 41.1 Å². The quantitative estimate of drug-likeness (QED) is 0.719. The van der Waals surface area contributed by atoms with Crippen LogP contribution in [0.1, 0.15) is 30.9 Å². The average molecular weight is 168 g/mol. The Hall–Kier alpha value is -0.340. The summed E-state index contributed by atoms with van der Waals surface area (Å²) < 4.78 is 0. The summed E-state index contributed by atoms with van der Waals surface area (Å²) in [7, 11) is 0. The molecule has 1 saturated carbocycles. The normalized spacial score (nSPS) is 21.2. The summed E-state index contributed by atoms with van der Waals surface area (Å²) >= 11 is 1.66. The van der Waals surface area contributed by atoms with E-state index in [4.69, 9.17) is 0 Å². The molecule has 0 amide bonds. The number of aliphatic hydroxyl groups excluding tert-OH is 1. The average Bonchev–Trinajstić information content (AvgIpc) is 2.32. The van der Waals surface area contributed by atoms with E-state index in [-0.39, 0.29) is 6.10 Å². The van der Waals surface area contributed by atoms with Gasteiger partial charge in [-0.15, -0.1) is 0 Å². The summed E-state index contributed by atoms with van der Waals surface area (Å²) in [5.74, 6) is 0.546. The first-order valence-electron chi connectivity index (χ1n) is 4.08. The van der Waals surface area contributed by atoms with Gasteiger partial charge in [-0.2, -0.15) is 11.3 Å². The van der Waals surface area contributed by atoms with Gasteiger partial charge < -0.3 is 5.11 Å². The fraction of sp³-hybridized carbons (Fsp3) is 0.556. The van der Waals surface area contributed by atoms with Crippen LogP contribution in [0.2, 0.25) is 0 Å². The lowest BCUT2D eigenvalue weighted by atomic mass is 9.79. The molecule has 0 bridgehead atoms. The minimum Gasteiger partial charge on any atom is -0.388 e. The van der Waals surface area contributed by atoms with Crippen molar-refractivity contribution < 1.29 is 5.11 Å². The third-order valence-electron chi connectivity index (χ3n) is 2.48. The molecule has 0 saturated heterocycles. The van der Waals surface area contributed by atoms with Crippen molar-refractivity contribution in [1.29, 1.82) is 0 Å². The number of hydrogen-bond acceptors (Lipinski definition) is 2. The van der Waals surface area contributed by atoms with Gasteiger partial charge in [0.25, 0.3) is 0 Å². The molecule has 0 radical (unpaired) electrons. The Labute approximate surface area is 70.7 Å². The van der Waals surface area contributed by atoms with E-state index in [9.17, 15) is 5.11 Å². The molecule has 0 aromatic carbocycles. The van der Waals surface area contributed by atoms with Gasteiger partial charge >= 0.3 is 0 Å². The fourth-order valence-electron chi connectivity index (χ4n) is 1.47. The van der Waals surface area contributed by atoms with Crippen LogP contribution < -0.4 is 0 Å². The van der Waals surface area contributed by atoms with E-state index < -0.39 is 0 Å². The van der Waals surface area contributed by atoms with Crippen molar-refractivity contribution in [3.05, 3.63) is 22.4 Å². The van der Waals surface area contributed by atoms with Crippen LogP contribution in [-0.2, 0) is 0 Å². The molecule has 0 spiro atoms. The molecule has 1 N–H and O–H groups in total. The Balaban J connectivity index is 2.04. The van der Waals surface area contributed by atoms with Crippen molar-refractivity contribution in [1.82, 2.24) is 0 Å². The van der Waals surface area contributed by atoms with Gasteiger partial charge in [-0.1, -0.05) is 6.42 Å². The van der Waals surface area contributed by atoms with Crippen LogP contribution in [0.3, 0.4) is 0 Å². The molecule has 2 heteroatoms. The highest BCUT2D eigenvalue weighted by Crippen LogP contribution is 2.37. The molecular formula is C9H12OS. The Morgan fingerprint density at radius 1 is 1.55 bits per heavy atom. The molecule has 1 aliphatic rings. The second kappa shape index (κ2) is 2.95. The van der Waals surface area contributed by atoms with Crippen molar-refractivity contribution >= 4 is 11.3 Å². The van der Waals surface area contributed by atoms with Crippen LogP contribution in [0.15, 0.2) is 16.8 Å². The van der Waals surface area contributed by atoms with Gasteiger partial charge in [0.1, 0.15) is 0 Å². The first-order valence-corrected chi connectivity index (χ1v) is 5.02. The second-order valence-electron chi connectivity index (χ2n) is 3.19. The van der Waals surface area contributed by atoms with Gasteiger partial charge in [0, 0.05) is 0 Å². The number of aliphatic hydroxyl groups is 1. The monoisotopic (exact) mass is 168 g/mol. The Kier molecular flexibility index (Phi) is 1.96. The smallest absolute Gasteiger partial charge is 0.0826 e. The molecule has 1 unspecified atom stereocenters. The van der Waals surface area contributed by atoms with Crippen LogP contribution in [0.25, 0.3) is 0 Å². The zero-order valence-corrected chi connectivity index (χ0v) is 7.18. The molecule has 1 atom stereocenters. The molecule has 1 fully saturated rings. The molecule has 1 heterocycles. The fourth-order valence-corrected chi connectivity index (χ4v) is 2.16. The van der Waals surface area contributed by atoms with Gasteiger partial charge in [-0.25, -0.2) is 0 Å². The van der Waals surface area contributed by atoms with Crippen LogP contribution in [0.5, 0.6) is 0 Å². The van der Waals surface area contributed by atoms with E-state index in [1.54, 1.807) is 11.3 Å². The van der Waals surface area contributed by atoms with Gasteiger partial charge in [0.2, 0.25) is 0 Å². The highest BCUT2D eigenvalue weighted by atomic mass is 32.1. The number of thiophene rings is 1. The van der Waals surface area contributed by atoms with Gasteiger partial charge in [-0.3, -0.25) is 0 Å². The maximum Gasteiger partial charge on any atom is 0.0826 e. The molecule has 1 nitrogen and oxygen atoms in total. The van der Waals surface area contributed by atoms with Crippen molar-refractivity contribution in [2.75, 3.05) is 0 Å². The van der Waals surface area contributed by atoms with Crippen molar-refractivity contribution in [2.24, 2.45) is 5.92 Å². The minimum atomic E-state index is -0.185. The summed E-state index contributed by atoms with van der Waals surface area (Å²) in [5, 5.41) is 13.8. The maximum atomic E-state index is 9.74. The zero-order valence-electron chi connectivity index (χ0n) is 6.36. The molecule has 60 valence electrons. The molecule has 1 aromatic rings. The zero-order chi connectivity index (χ0) is 7.68. The molecule has 1 aromatic heterocycles. The van der Waals surface area contributed by atoms with Crippen LogP contribution in [0.4, 0.5) is 0 Å². The van der Waals surface area contributed by atoms with E-state index >= 15 is 0 Å². The summed E-state index contributed by atoms with van der Waals surface area (Å²) in [6.07, 6.45) is 3.52. The Morgan fingerprint density at radius 3 is 2.82 bits per heavy atom. The predicted octanol–water partition coefficient (Wildman–Crippen LogP) is 2.58. The Bertz CT molecular complexity index is 213. The molecule has 0 aliphatic heterocycles. The lowest BCUT2D eigenvalue weighted by Crippen LogP contribution is -2.19. The van der Waals surface area contributed by atoms with E-state index in [1.807, 2.05) is 16.8 Å². The summed E-state index contributed by atoms with van der Waals surface area (Å²) in [5.41, 5.74) is 1.11. The highest BCUT2D eigenvalue weighted by molar-refractivity contribution is 7.07.